The number of hydrogen-bond acceptors (Lipinski definition) is 6. The van der Waals surface area contributed by atoms with E-state index in [2.05, 4.69) is 26.1 Å². The topological polar surface area (TPSA) is 92.6 Å². The molecule has 0 saturated carbocycles. The molecule has 1 N–H and O–H groups in total. The van der Waals surface area contributed by atoms with E-state index in [1.54, 1.807) is 6.07 Å². The van der Waals surface area contributed by atoms with Crippen molar-refractivity contribution in [2.75, 3.05) is 29.6 Å². The van der Waals surface area contributed by atoms with Gasteiger partial charge in [-0.15, -0.1) is 0 Å². The van der Waals surface area contributed by atoms with Crippen LogP contribution in [0.2, 0.25) is 0 Å². The van der Waals surface area contributed by atoms with Crippen LogP contribution < -0.4 is 10.2 Å². The number of nitro groups is 1. The van der Waals surface area contributed by atoms with E-state index in [0.29, 0.717) is 5.69 Å². The standard InChI is InChI=1S/C17H18BrN3O4S/c1-26(24,25)17-10-13(4-7-16(17)21(22)23)19-14-8-9-20(11-14)15-5-2-12(18)3-6-15/h2-7,10,14,19H,8-9,11H2,1H3. The molecule has 1 atom stereocenters. The van der Waals surface area contributed by atoms with E-state index < -0.39 is 20.4 Å². The van der Waals surface area contributed by atoms with Gasteiger partial charge in [0.1, 0.15) is 4.90 Å². The van der Waals surface area contributed by atoms with Gasteiger partial charge in [0, 0.05) is 47.3 Å². The van der Waals surface area contributed by atoms with E-state index in [1.165, 1.54) is 12.1 Å². The molecule has 2 aromatic carbocycles. The molecule has 0 bridgehead atoms. The van der Waals surface area contributed by atoms with Crippen LogP contribution in [0.5, 0.6) is 0 Å². The van der Waals surface area contributed by atoms with Crippen molar-refractivity contribution in [3.05, 3.63) is 57.1 Å². The summed E-state index contributed by atoms with van der Waals surface area (Å²) in [6, 6.07) is 12.3. The maximum Gasteiger partial charge on any atom is 0.288 e. The fourth-order valence-electron chi connectivity index (χ4n) is 3.05. The van der Waals surface area contributed by atoms with Gasteiger partial charge in [-0.25, -0.2) is 8.42 Å². The number of nitro benzene ring substituents is 1. The first kappa shape index (κ1) is 18.7. The van der Waals surface area contributed by atoms with E-state index in [4.69, 9.17) is 0 Å². The number of anilines is 2. The second-order valence-electron chi connectivity index (χ2n) is 6.26. The molecule has 0 amide bonds. The molecule has 1 unspecified atom stereocenters. The van der Waals surface area contributed by atoms with Crippen LogP contribution in [0.4, 0.5) is 17.1 Å². The smallest absolute Gasteiger partial charge is 0.288 e. The van der Waals surface area contributed by atoms with Gasteiger partial charge in [0.05, 0.1) is 4.92 Å². The van der Waals surface area contributed by atoms with Gasteiger partial charge in [-0.05, 0) is 42.8 Å². The summed E-state index contributed by atoms with van der Waals surface area (Å²) < 4.78 is 24.8. The summed E-state index contributed by atoms with van der Waals surface area (Å²) in [6.07, 6.45) is 1.87. The molecule has 2 aromatic rings. The number of nitrogens with zero attached hydrogens (tertiary/aromatic N) is 2. The van der Waals surface area contributed by atoms with Crippen molar-refractivity contribution in [3.63, 3.8) is 0 Å². The second kappa shape index (κ2) is 7.24. The highest BCUT2D eigenvalue weighted by atomic mass is 79.9. The van der Waals surface area contributed by atoms with Crippen LogP contribution in [-0.2, 0) is 9.84 Å². The van der Waals surface area contributed by atoms with Crippen LogP contribution in [0, 0.1) is 10.1 Å². The fourth-order valence-corrected chi connectivity index (χ4v) is 4.18. The lowest BCUT2D eigenvalue weighted by molar-refractivity contribution is -0.387. The predicted octanol–water partition coefficient (Wildman–Crippen LogP) is 3.45. The number of halogens is 1. The lowest BCUT2D eigenvalue weighted by Gasteiger charge is -2.19. The molecule has 1 aliphatic heterocycles. The maximum atomic E-state index is 11.9. The molecule has 0 radical (unpaired) electrons. The normalized spacial score (nSPS) is 17.3. The molecular formula is C17H18BrN3O4S. The number of sulfone groups is 1. The Morgan fingerprint density at radius 3 is 2.54 bits per heavy atom. The van der Waals surface area contributed by atoms with Gasteiger partial charge in [0.2, 0.25) is 0 Å². The first-order valence-corrected chi connectivity index (χ1v) is 10.7. The fraction of sp³-hybridized carbons (Fsp3) is 0.294. The van der Waals surface area contributed by atoms with E-state index >= 15 is 0 Å². The lowest BCUT2D eigenvalue weighted by Crippen LogP contribution is -2.26. The number of benzene rings is 2. The minimum atomic E-state index is -3.69. The Morgan fingerprint density at radius 1 is 1.23 bits per heavy atom. The summed E-state index contributed by atoms with van der Waals surface area (Å²) >= 11 is 3.42. The van der Waals surface area contributed by atoms with Gasteiger partial charge in [-0.2, -0.15) is 0 Å². The molecule has 0 aliphatic carbocycles. The van der Waals surface area contributed by atoms with Crippen LogP contribution in [0.1, 0.15) is 6.42 Å². The Labute approximate surface area is 160 Å². The largest absolute Gasteiger partial charge is 0.380 e. The minimum Gasteiger partial charge on any atom is -0.380 e. The van der Waals surface area contributed by atoms with E-state index in [1.807, 2.05) is 24.3 Å². The molecule has 7 nitrogen and oxygen atoms in total. The highest BCUT2D eigenvalue weighted by Gasteiger charge is 2.25. The Hall–Kier alpha value is -2.13. The molecule has 1 saturated heterocycles. The molecule has 1 aliphatic rings. The van der Waals surface area contributed by atoms with Gasteiger partial charge >= 0.3 is 0 Å². The van der Waals surface area contributed by atoms with Gasteiger partial charge < -0.3 is 10.2 Å². The Morgan fingerprint density at radius 2 is 1.92 bits per heavy atom. The summed E-state index contributed by atoms with van der Waals surface area (Å²) in [4.78, 5) is 12.4. The van der Waals surface area contributed by atoms with Crippen LogP contribution in [0.25, 0.3) is 0 Å². The van der Waals surface area contributed by atoms with Crippen molar-refractivity contribution < 1.29 is 13.3 Å². The Balaban J connectivity index is 1.75. The summed E-state index contributed by atoms with van der Waals surface area (Å²) in [5.74, 6) is 0. The Bertz CT molecular complexity index is 932. The van der Waals surface area contributed by atoms with Crippen LogP contribution in [0.15, 0.2) is 51.8 Å². The highest BCUT2D eigenvalue weighted by molar-refractivity contribution is 9.10. The van der Waals surface area contributed by atoms with Gasteiger partial charge in [-0.1, -0.05) is 15.9 Å². The van der Waals surface area contributed by atoms with Gasteiger partial charge in [-0.3, -0.25) is 10.1 Å². The third-order valence-electron chi connectivity index (χ3n) is 4.31. The van der Waals surface area contributed by atoms with Crippen molar-refractivity contribution in [3.8, 4) is 0 Å². The SMILES string of the molecule is CS(=O)(=O)c1cc(NC2CCN(c3ccc(Br)cc3)C2)ccc1[N+](=O)[O-]. The van der Waals surface area contributed by atoms with Gasteiger partial charge in [0.15, 0.2) is 9.84 Å². The highest BCUT2D eigenvalue weighted by Crippen LogP contribution is 2.29. The van der Waals surface area contributed by atoms with Gasteiger partial charge in [0.25, 0.3) is 5.69 Å². The molecule has 1 heterocycles. The third kappa shape index (κ3) is 4.16. The third-order valence-corrected chi connectivity index (χ3v) is 5.96. The molecule has 1 fully saturated rings. The van der Waals surface area contributed by atoms with E-state index in [9.17, 15) is 18.5 Å². The molecule has 9 heteroatoms. The average molecular weight is 440 g/mol. The molecule has 0 spiro atoms. The zero-order chi connectivity index (χ0) is 18.9. The van der Waals surface area contributed by atoms with Crippen LogP contribution in [-0.4, -0.2) is 38.7 Å². The van der Waals surface area contributed by atoms with Crippen molar-refractivity contribution >= 4 is 42.8 Å². The van der Waals surface area contributed by atoms with Crippen molar-refractivity contribution in [1.29, 1.82) is 0 Å². The molecular weight excluding hydrogens is 422 g/mol. The molecule has 3 rings (SSSR count). The zero-order valence-electron chi connectivity index (χ0n) is 14.1. The Kier molecular flexibility index (Phi) is 5.19. The number of hydrogen-bond donors (Lipinski definition) is 1. The quantitative estimate of drug-likeness (QED) is 0.566. The first-order chi connectivity index (χ1) is 12.2. The average Bonchev–Trinajstić information content (AvgIpc) is 3.03. The van der Waals surface area contributed by atoms with Crippen molar-refractivity contribution in [2.24, 2.45) is 0 Å². The molecule has 138 valence electrons. The minimum absolute atomic E-state index is 0.132. The number of nitrogens with one attached hydrogen (secondary N) is 1. The van der Waals surface area contributed by atoms with E-state index in [-0.39, 0.29) is 10.9 Å². The maximum absolute atomic E-state index is 11.9. The number of rotatable bonds is 5. The molecule has 26 heavy (non-hydrogen) atoms. The zero-order valence-corrected chi connectivity index (χ0v) is 16.5. The summed E-state index contributed by atoms with van der Waals surface area (Å²) in [6.45, 7) is 1.65. The van der Waals surface area contributed by atoms with Crippen LogP contribution >= 0.6 is 15.9 Å². The van der Waals surface area contributed by atoms with Crippen molar-refractivity contribution in [1.82, 2.24) is 0 Å². The monoisotopic (exact) mass is 439 g/mol. The summed E-state index contributed by atoms with van der Waals surface area (Å²) in [7, 11) is -3.69. The lowest BCUT2D eigenvalue weighted by atomic mass is 10.2. The van der Waals surface area contributed by atoms with Crippen molar-refractivity contribution in [2.45, 2.75) is 17.4 Å². The second-order valence-corrected chi connectivity index (χ2v) is 9.16. The predicted molar refractivity (Wildman–Crippen MR) is 105 cm³/mol. The summed E-state index contributed by atoms with van der Waals surface area (Å²) in [5.41, 5.74) is 1.29. The van der Waals surface area contributed by atoms with Crippen LogP contribution in [0.3, 0.4) is 0 Å². The summed E-state index contributed by atoms with van der Waals surface area (Å²) in [5, 5.41) is 14.4. The first-order valence-electron chi connectivity index (χ1n) is 7.99. The van der Waals surface area contributed by atoms with E-state index in [0.717, 1.165) is 35.9 Å². The molecule has 0 aromatic heterocycles.